The molecule has 3 aliphatic rings. The molecule has 2 saturated heterocycles. The number of hydrogen-bond acceptors (Lipinski definition) is 5. The number of nitrogens with one attached hydrogen (secondary N) is 1. The summed E-state index contributed by atoms with van der Waals surface area (Å²) in [5, 5.41) is 5.60. The third-order valence-electron chi connectivity index (χ3n) is 6.65. The fourth-order valence-electron chi connectivity index (χ4n) is 4.97. The number of carbonyl (C=O) groups excluding carboxylic acids is 3. The summed E-state index contributed by atoms with van der Waals surface area (Å²) in [6, 6.07) is 9.25. The fraction of sp³-hybridized carbons (Fsp3) is 0.435. The summed E-state index contributed by atoms with van der Waals surface area (Å²) in [6.45, 7) is 3.19. The Morgan fingerprint density at radius 3 is 2.75 bits per heavy atom. The Balaban J connectivity index is 1.20. The Morgan fingerprint density at radius 2 is 1.97 bits per heavy atom. The van der Waals surface area contributed by atoms with Gasteiger partial charge in [-0.2, -0.15) is 0 Å². The Labute approximate surface area is 195 Å². The number of carbonyl (C=O) groups is 3. The minimum atomic E-state index is -0.999. The van der Waals surface area contributed by atoms with Crippen molar-refractivity contribution >= 4 is 40.8 Å². The lowest BCUT2D eigenvalue weighted by atomic mass is 9.80. The number of fused-ring (bicyclic) bond motifs is 2. The molecule has 3 heterocycles. The highest BCUT2D eigenvalue weighted by Crippen LogP contribution is 2.42. The van der Waals surface area contributed by atoms with Gasteiger partial charge in [0, 0.05) is 48.2 Å². The van der Waals surface area contributed by atoms with E-state index in [9.17, 15) is 14.4 Å². The SMILES string of the molecule is O=C(CN1C(=O)NC2(CCCc3sccc32)C1=O)N1CCN(Cc2cccc(Cl)c2)CC1. The largest absolute Gasteiger partial charge is 0.339 e. The first kappa shape index (κ1) is 21.4. The van der Waals surface area contributed by atoms with Crippen molar-refractivity contribution < 1.29 is 14.4 Å². The highest BCUT2D eigenvalue weighted by Gasteiger charge is 2.54. The number of hydrogen-bond donors (Lipinski definition) is 1. The fourth-order valence-corrected chi connectivity index (χ4v) is 6.18. The highest BCUT2D eigenvalue weighted by molar-refractivity contribution is 7.10. The summed E-state index contributed by atoms with van der Waals surface area (Å²) in [7, 11) is 0. The van der Waals surface area contributed by atoms with Gasteiger partial charge in [0.2, 0.25) is 5.91 Å². The molecular formula is C23H25ClN4O3S. The third kappa shape index (κ3) is 3.80. The van der Waals surface area contributed by atoms with Crippen LogP contribution in [0.15, 0.2) is 35.7 Å². The zero-order valence-electron chi connectivity index (χ0n) is 17.7. The minimum Gasteiger partial charge on any atom is -0.339 e. The van der Waals surface area contributed by atoms with Crippen LogP contribution in [0.25, 0.3) is 0 Å². The lowest BCUT2D eigenvalue weighted by Crippen LogP contribution is -2.52. The number of piperazine rings is 1. The molecule has 9 heteroatoms. The monoisotopic (exact) mass is 472 g/mol. The van der Waals surface area contributed by atoms with Crippen molar-refractivity contribution in [2.75, 3.05) is 32.7 Å². The predicted molar refractivity (Wildman–Crippen MR) is 122 cm³/mol. The smallest absolute Gasteiger partial charge is 0.325 e. The summed E-state index contributed by atoms with van der Waals surface area (Å²) >= 11 is 7.69. The zero-order valence-corrected chi connectivity index (χ0v) is 19.3. The van der Waals surface area contributed by atoms with Crippen molar-refractivity contribution in [1.29, 1.82) is 0 Å². The number of aryl methyl sites for hydroxylation is 1. The summed E-state index contributed by atoms with van der Waals surface area (Å²) in [4.78, 5) is 45.2. The first-order valence-corrected chi connectivity index (χ1v) is 12.2. The molecule has 1 aromatic carbocycles. The minimum absolute atomic E-state index is 0.186. The van der Waals surface area contributed by atoms with E-state index in [0.29, 0.717) is 19.5 Å². The molecule has 2 fully saturated rings. The van der Waals surface area contributed by atoms with E-state index in [1.54, 1.807) is 16.2 Å². The maximum atomic E-state index is 13.3. The van der Waals surface area contributed by atoms with Crippen molar-refractivity contribution in [1.82, 2.24) is 20.0 Å². The molecule has 1 aromatic heterocycles. The number of rotatable bonds is 4. The number of amides is 4. The second-order valence-corrected chi connectivity index (χ2v) is 10.1. The van der Waals surface area contributed by atoms with Gasteiger partial charge < -0.3 is 10.2 Å². The first-order chi connectivity index (χ1) is 15.5. The van der Waals surface area contributed by atoms with Gasteiger partial charge in [0.1, 0.15) is 12.1 Å². The molecule has 1 unspecified atom stereocenters. The second-order valence-electron chi connectivity index (χ2n) is 8.62. The number of nitrogens with zero attached hydrogens (tertiary/aromatic N) is 3. The first-order valence-electron chi connectivity index (χ1n) is 10.9. The van der Waals surface area contributed by atoms with E-state index < -0.39 is 11.6 Å². The van der Waals surface area contributed by atoms with Gasteiger partial charge in [-0.3, -0.25) is 19.4 Å². The molecule has 1 N–H and O–H groups in total. The van der Waals surface area contributed by atoms with E-state index in [4.69, 9.17) is 11.6 Å². The van der Waals surface area contributed by atoms with E-state index in [1.165, 1.54) is 0 Å². The van der Waals surface area contributed by atoms with Crippen LogP contribution in [-0.4, -0.2) is 65.3 Å². The van der Waals surface area contributed by atoms with Gasteiger partial charge >= 0.3 is 6.03 Å². The van der Waals surface area contributed by atoms with Crippen molar-refractivity contribution in [2.45, 2.75) is 31.3 Å². The van der Waals surface area contributed by atoms with Crippen LogP contribution in [0.3, 0.4) is 0 Å². The standard InChI is InChI=1S/C23H25ClN4O3S/c24-17-4-1-3-16(13-17)14-26-8-10-27(11-9-26)20(29)15-28-21(30)23(25-22(28)31)7-2-5-19-18(23)6-12-32-19/h1,3-4,6,12-13H,2,5,7-11,14-15H2,(H,25,31). The van der Waals surface area contributed by atoms with Crippen LogP contribution in [0.5, 0.6) is 0 Å². The van der Waals surface area contributed by atoms with Gasteiger partial charge in [-0.05, 0) is 48.4 Å². The molecule has 1 aliphatic carbocycles. The van der Waals surface area contributed by atoms with Gasteiger partial charge in [0.25, 0.3) is 5.91 Å². The van der Waals surface area contributed by atoms with Crippen LogP contribution >= 0.6 is 22.9 Å². The van der Waals surface area contributed by atoms with Gasteiger partial charge in [0.05, 0.1) is 0 Å². The molecule has 0 bridgehead atoms. The lowest BCUT2D eigenvalue weighted by Gasteiger charge is -2.35. The van der Waals surface area contributed by atoms with Crippen LogP contribution in [0, 0.1) is 0 Å². The van der Waals surface area contributed by atoms with Crippen LogP contribution in [0.2, 0.25) is 5.02 Å². The molecule has 0 radical (unpaired) electrons. The average molecular weight is 473 g/mol. The number of imide groups is 1. The number of thiophene rings is 1. The Kier molecular flexibility index (Phi) is 5.69. The quantitative estimate of drug-likeness (QED) is 0.694. The molecule has 32 heavy (non-hydrogen) atoms. The zero-order chi connectivity index (χ0) is 22.3. The number of halogens is 1. The van der Waals surface area contributed by atoms with Gasteiger partial charge in [-0.15, -0.1) is 11.3 Å². The summed E-state index contributed by atoms with van der Waals surface area (Å²) < 4.78 is 0. The Bertz CT molecular complexity index is 1070. The van der Waals surface area contributed by atoms with Gasteiger partial charge in [-0.1, -0.05) is 23.7 Å². The van der Waals surface area contributed by atoms with E-state index in [0.717, 1.165) is 58.4 Å². The molecule has 168 valence electrons. The molecule has 1 spiro atoms. The molecule has 1 atom stereocenters. The lowest BCUT2D eigenvalue weighted by molar-refractivity contribution is -0.140. The van der Waals surface area contributed by atoms with Crippen molar-refractivity contribution in [3.8, 4) is 0 Å². The summed E-state index contributed by atoms with van der Waals surface area (Å²) in [5.74, 6) is -0.482. The van der Waals surface area contributed by atoms with E-state index in [1.807, 2.05) is 35.7 Å². The van der Waals surface area contributed by atoms with Gasteiger partial charge in [0.15, 0.2) is 0 Å². The van der Waals surface area contributed by atoms with Crippen LogP contribution in [0.4, 0.5) is 4.79 Å². The Morgan fingerprint density at radius 1 is 1.16 bits per heavy atom. The molecule has 5 rings (SSSR count). The second kappa shape index (κ2) is 8.50. The molecular weight excluding hydrogens is 448 g/mol. The van der Waals surface area contributed by atoms with E-state index >= 15 is 0 Å². The average Bonchev–Trinajstić information content (AvgIpc) is 3.35. The Hall–Kier alpha value is -2.42. The molecule has 2 aromatic rings. The third-order valence-corrected chi connectivity index (χ3v) is 7.87. The highest BCUT2D eigenvalue weighted by atomic mass is 35.5. The van der Waals surface area contributed by atoms with Crippen LogP contribution < -0.4 is 5.32 Å². The molecule has 2 aliphatic heterocycles. The van der Waals surface area contributed by atoms with E-state index in [-0.39, 0.29) is 18.4 Å². The van der Waals surface area contributed by atoms with Crippen LogP contribution in [0.1, 0.15) is 28.8 Å². The van der Waals surface area contributed by atoms with Crippen molar-refractivity contribution in [3.05, 3.63) is 56.7 Å². The van der Waals surface area contributed by atoms with Crippen molar-refractivity contribution in [3.63, 3.8) is 0 Å². The van der Waals surface area contributed by atoms with E-state index in [2.05, 4.69) is 10.2 Å². The maximum absolute atomic E-state index is 13.3. The number of urea groups is 1. The predicted octanol–water partition coefficient (Wildman–Crippen LogP) is 2.83. The number of benzene rings is 1. The van der Waals surface area contributed by atoms with Crippen molar-refractivity contribution in [2.24, 2.45) is 0 Å². The van der Waals surface area contributed by atoms with Gasteiger partial charge in [-0.25, -0.2) is 4.79 Å². The normalized spacial score (nSPS) is 23.5. The maximum Gasteiger partial charge on any atom is 0.325 e. The summed E-state index contributed by atoms with van der Waals surface area (Å²) in [6.07, 6.45) is 2.35. The molecule has 0 saturated carbocycles. The van der Waals surface area contributed by atoms with Crippen LogP contribution in [-0.2, 0) is 28.1 Å². The topological polar surface area (TPSA) is 73.0 Å². The molecule has 7 nitrogen and oxygen atoms in total. The summed E-state index contributed by atoms with van der Waals surface area (Å²) in [5.41, 5.74) is 1.04. The molecule has 4 amide bonds.